The Balaban J connectivity index is 2.71. The van der Waals surface area contributed by atoms with Crippen LogP contribution in [0.5, 0.6) is 0 Å². The first-order valence-electron chi connectivity index (χ1n) is 3.44. The SMILES string of the molecule is CC(O)Cn1cc([N+](=O)[O-])cn1. The zero-order valence-electron chi connectivity index (χ0n) is 6.54. The van der Waals surface area contributed by atoms with Crippen molar-refractivity contribution >= 4 is 5.69 Å². The van der Waals surface area contributed by atoms with E-state index >= 15 is 0 Å². The minimum absolute atomic E-state index is 0.0596. The van der Waals surface area contributed by atoms with Crippen molar-refractivity contribution in [3.05, 3.63) is 22.5 Å². The van der Waals surface area contributed by atoms with Gasteiger partial charge in [0, 0.05) is 0 Å². The maximum Gasteiger partial charge on any atom is 0.306 e. The molecule has 12 heavy (non-hydrogen) atoms. The number of hydrogen-bond donors (Lipinski definition) is 1. The highest BCUT2D eigenvalue weighted by molar-refractivity contribution is 5.20. The van der Waals surface area contributed by atoms with E-state index in [1.807, 2.05) is 0 Å². The standard InChI is InChI=1S/C6H9N3O3/c1-5(10)3-8-4-6(2-7-8)9(11)12/h2,4-5,10H,3H2,1H3. The molecule has 1 heterocycles. The van der Waals surface area contributed by atoms with Crippen LogP contribution in [0.1, 0.15) is 6.92 Å². The first-order valence-corrected chi connectivity index (χ1v) is 3.44. The minimum Gasteiger partial charge on any atom is -0.391 e. The summed E-state index contributed by atoms with van der Waals surface area (Å²) in [5.74, 6) is 0. The maximum absolute atomic E-state index is 10.2. The number of rotatable bonds is 3. The van der Waals surface area contributed by atoms with Crippen molar-refractivity contribution in [3.8, 4) is 0 Å². The Morgan fingerprint density at radius 3 is 3.00 bits per heavy atom. The van der Waals surface area contributed by atoms with Gasteiger partial charge in [-0.2, -0.15) is 5.10 Å². The van der Waals surface area contributed by atoms with E-state index in [-0.39, 0.29) is 12.2 Å². The highest BCUT2D eigenvalue weighted by atomic mass is 16.6. The van der Waals surface area contributed by atoms with Gasteiger partial charge in [0.25, 0.3) is 0 Å². The van der Waals surface area contributed by atoms with Crippen LogP contribution in [0.4, 0.5) is 5.69 Å². The van der Waals surface area contributed by atoms with Crippen molar-refractivity contribution in [2.75, 3.05) is 0 Å². The van der Waals surface area contributed by atoms with Crippen LogP contribution >= 0.6 is 0 Å². The minimum atomic E-state index is -0.551. The monoisotopic (exact) mass is 171 g/mol. The molecule has 0 aliphatic carbocycles. The van der Waals surface area contributed by atoms with Crippen molar-refractivity contribution in [3.63, 3.8) is 0 Å². The normalized spacial score (nSPS) is 12.8. The van der Waals surface area contributed by atoms with E-state index in [1.54, 1.807) is 6.92 Å². The predicted molar refractivity (Wildman–Crippen MR) is 40.6 cm³/mol. The Labute approximate surface area is 68.6 Å². The molecule has 0 aliphatic heterocycles. The maximum atomic E-state index is 10.2. The van der Waals surface area contributed by atoms with Crippen molar-refractivity contribution in [1.29, 1.82) is 0 Å². The summed E-state index contributed by atoms with van der Waals surface area (Å²) >= 11 is 0. The number of nitrogens with zero attached hydrogens (tertiary/aromatic N) is 3. The van der Waals surface area contributed by atoms with E-state index in [2.05, 4.69) is 5.10 Å². The second kappa shape index (κ2) is 3.31. The van der Waals surface area contributed by atoms with Crippen LogP contribution in [0.3, 0.4) is 0 Å². The van der Waals surface area contributed by atoms with Crippen LogP contribution in [-0.2, 0) is 6.54 Å². The topological polar surface area (TPSA) is 81.2 Å². The fraction of sp³-hybridized carbons (Fsp3) is 0.500. The molecular weight excluding hydrogens is 162 g/mol. The van der Waals surface area contributed by atoms with Crippen molar-refractivity contribution in [1.82, 2.24) is 9.78 Å². The van der Waals surface area contributed by atoms with E-state index in [4.69, 9.17) is 5.11 Å². The molecule has 1 N–H and O–H groups in total. The highest BCUT2D eigenvalue weighted by Gasteiger charge is 2.09. The molecule has 0 saturated heterocycles. The summed E-state index contributed by atoms with van der Waals surface area (Å²) in [6, 6.07) is 0. The first-order chi connectivity index (χ1) is 5.59. The molecule has 0 amide bonds. The quantitative estimate of drug-likeness (QED) is 0.519. The lowest BCUT2D eigenvalue weighted by molar-refractivity contribution is -0.385. The van der Waals surface area contributed by atoms with Crippen LogP contribution in [-0.4, -0.2) is 25.9 Å². The van der Waals surface area contributed by atoms with Gasteiger partial charge in [0.1, 0.15) is 12.4 Å². The Kier molecular flexibility index (Phi) is 2.39. The van der Waals surface area contributed by atoms with Gasteiger partial charge in [-0.25, -0.2) is 0 Å². The van der Waals surface area contributed by atoms with E-state index in [9.17, 15) is 10.1 Å². The van der Waals surface area contributed by atoms with E-state index < -0.39 is 11.0 Å². The van der Waals surface area contributed by atoms with E-state index in [1.165, 1.54) is 10.9 Å². The Hall–Kier alpha value is -1.43. The summed E-state index contributed by atoms with van der Waals surface area (Å²) in [7, 11) is 0. The fourth-order valence-corrected chi connectivity index (χ4v) is 0.818. The van der Waals surface area contributed by atoms with Crippen LogP contribution < -0.4 is 0 Å². The smallest absolute Gasteiger partial charge is 0.306 e. The van der Waals surface area contributed by atoms with Gasteiger partial charge in [0.2, 0.25) is 0 Å². The fourth-order valence-electron chi connectivity index (χ4n) is 0.818. The average Bonchev–Trinajstić information content (AvgIpc) is 2.34. The number of aliphatic hydroxyl groups is 1. The molecule has 1 rings (SSSR count). The van der Waals surface area contributed by atoms with Crippen molar-refractivity contribution in [2.24, 2.45) is 0 Å². The largest absolute Gasteiger partial charge is 0.391 e. The van der Waals surface area contributed by atoms with Crippen LogP contribution in [0.15, 0.2) is 12.4 Å². The van der Waals surface area contributed by atoms with Gasteiger partial charge >= 0.3 is 5.69 Å². The molecule has 0 spiro atoms. The highest BCUT2D eigenvalue weighted by Crippen LogP contribution is 2.07. The molecule has 0 saturated carbocycles. The molecular formula is C6H9N3O3. The van der Waals surface area contributed by atoms with Gasteiger partial charge in [0.05, 0.1) is 17.6 Å². The molecule has 0 aliphatic rings. The van der Waals surface area contributed by atoms with Gasteiger partial charge in [-0.05, 0) is 6.92 Å². The molecule has 0 bridgehead atoms. The third kappa shape index (κ3) is 2.03. The van der Waals surface area contributed by atoms with Gasteiger partial charge in [-0.3, -0.25) is 14.8 Å². The van der Waals surface area contributed by atoms with Gasteiger partial charge in [0.15, 0.2) is 0 Å². The summed E-state index contributed by atoms with van der Waals surface area (Å²) in [5.41, 5.74) is -0.0596. The Morgan fingerprint density at radius 2 is 2.58 bits per heavy atom. The molecule has 1 atom stereocenters. The van der Waals surface area contributed by atoms with Crippen molar-refractivity contribution in [2.45, 2.75) is 19.6 Å². The molecule has 0 aromatic carbocycles. The van der Waals surface area contributed by atoms with Gasteiger partial charge < -0.3 is 5.11 Å². The molecule has 0 radical (unpaired) electrons. The summed E-state index contributed by atoms with van der Waals surface area (Å²) in [5, 5.41) is 22.8. The second-order valence-electron chi connectivity index (χ2n) is 2.53. The molecule has 1 unspecified atom stereocenters. The number of hydrogen-bond acceptors (Lipinski definition) is 4. The molecule has 0 fully saturated rings. The van der Waals surface area contributed by atoms with Gasteiger partial charge in [-0.1, -0.05) is 0 Å². The number of nitro groups is 1. The lowest BCUT2D eigenvalue weighted by atomic mass is 10.4. The first kappa shape index (κ1) is 8.66. The second-order valence-corrected chi connectivity index (χ2v) is 2.53. The third-order valence-corrected chi connectivity index (χ3v) is 1.28. The lowest BCUT2D eigenvalue weighted by Crippen LogP contribution is -2.11. The molecule has 6 nitrogen and oxygen atoms in total. The summed E-state index contributed by atoms with van der Waals surface area (Å²) in [6.45, 7) is 1.86. The average molecular weight is 171 g/mol. The predicted octanol–water partition coefficient (Wildman–Crippen LogP) is 0.172. The van der Waals surface area contributed by atoms with Crippen LogP contribution in [0.25, 0.3) is 0 Å². The zero-order valence-corrected chi connectivity index (χ0v) is 6.54. The van der Waals surface area contributed by atoms with E-state index in [0.717, 1.165) is 6.20 Å². The number of aromatic nitrogens is 2. The number of aliphatic hydroxyl groups excluding tert-OH is 1. The Morgan fingerprint density at radius 1 is 1.92 bits per heavy atom. The molecule has 6 heteroatoms. The van der Waals surface area contributed by atoms with Crippen LogP contribution in [0, 0.1) is 10.1 Å². The Bertz CT molecular complexity index is 281. The lowest BCUT2D eigenvalue weighted by Gasteiger charge is -2.01. The zero-order chi connectivity index (χ0) is 9.14. The molecule has 1 aromatic heterocycles. The summed E-state index contributed by atoms with van der Waals surface area (Å²) in [6.07, 6.45) is 1.89. The van der Waals surface area contributed by atoms with Crippen LogP contribution in [0.2, 0.25) is 0 Å². The molecule has 1 aromatic rings. The van der Waals surface area contributed by atoms with E-state index in [0.29, 0.717) is 0 Å². The van der Waals surface area contributed by atoms with Gasteiger partial charge in [-0.15, -0.1) is 0 Å². The molecule has 66 valence electrons. The summed E-state index contributed by atoms with van der Waals surface area (Å²) in [4.78, 5) is 9.67. The van der Waals surface area contributed by atoms with Crippen molar-refractivity contribution < 1.29 is 10.0 Å². The summed E-state index contributed by atoms with van der Waals surface area (Å²) < 4.78 is 1.34. The third-order valence-electron chi connectivity index (χ3n) is 1.28.